The number of amides is 2. The molecule has 29 heavy (non-hydrogen) atoms. The van der Waals surface area contributed by atoms with Crippen molar-refractivity contribution >= 4 is 47.0 Å². The number of aromatic nitrogens is 1. The van der Waals surface area contributed by atoms with E-state index >= 15 is 0 Å². The first kappa shape index (κ1) is 21.5. The van der Waals surface area contributed by atoms with Crippen molar-refractivity contribution in [1.29, 1.82) is 0 Å². The van der Waals surface area contributed by atoms with Gasteiger partial charge in [-0.3, -0.25) is 9.59 Å². The van der Waals surface area contributed by atoms with E-state index in [2.05, 4.69) is 15.0 Å². The standard InChI is InChI=1S/C16H16ClF3N4O4S/c1-28-15(27)14-24-10(7-29-14)13(26)23(6-11(24)25)3-2-21-12-9(17)4-8(5-22-12)16(18,19)20/h4-5,10,14H,2-3,6-7H2,1H3,(H,21,22)/t10-,14+/m0/s1. The summed E-state index contributed by atoms with van der Waals surface area (Å²) >= 11 is 6.99. The predicted molar refractivity (Wildman–Crippen MR) is 98.2 cm³/mol. The van der Waals surface area contributed by atoms with Crippen molar-refractivity contribution in [1.82, 2.24) is 14.8 Å². The summed E-state index contributed by atoms with van der Waals surface area (Å²) in [6.45, 7) is 0.0259. The highest BCUT2D eigenvalue weighted by Crippen LogP contribution is 2.34. The van der Waals surface area contributed by atoms with Crippen molar-refractivity contribution in [2.45, 2.75) is 17.6 Å². The summed E-state index contributed by atoms with van der Waals surface area (Å²) in [4.78, 5) is 43.1. The van der Waals surface area contributed by atoms with Crippen LogP contribution in [0.5, 0.6) is 0 Å². The van der Waals surface area contributed by atoms with E-state index in [-0.39, 0.29) is 48.0 Å². The smallest absolute Gasteiger partial charge is 0.417 e. The molecule has 8 nitrogen and oxygen atoms in total. The van der Waals surface area contributed by atoms with Crippen molar-refractivity contribution < 1.29 is 32.3 Å². The average Bonchev–Trinajstić information content (AvgIpc) is 3.11. The van der Waals surface area contributed by atoms with Crippen LogP contribution < -0.4 is 5.32 Å². The largest absolute Gasteiger partial charge is 0.467 e. The van der Waals surface area contributed by atoms with Gasteiger partial charge < -0.3 is 19.9 Å². The summed E-state index contributed by atoms with van der Waals surface area (Å²) in [5, 5.41) is 1.72. The lowest BCUT2D eigenvalue weighted by atomic mass is 10.1. The Labute approximate surface area is 172 Å². The van der Waals surface area contributed by atoms with Crippen molar-refractivity contribution in [3.8, 4) is 0 Å². The van der Waals surface area contributed by atoms with Gasteiger partial charge in [0.15, 0.2) is 5.37 Å². The molecule has 1 aromatic heterocycles. The molecule has 13 heteroatoms. The molecule has 0 aromatic carbocycles. The fraction of sp³-hybridized carbons (Fsp3) is 0.500. The SMILES string of the molecule is COC(=O)[C@H]1SC[C@H]2C(=O)N(CCNc3ncc(C(F)(F)F)cc3Cl)CC(=O)N12. The molecule has 0 bridgehead atoms. The zero-order chi connectivity index (χ0) is 21.3. The van der Waals surface area contributed by atoms with Gasteiger partial charge in [-0.25, -0.2) is 9.78 Å². The van der Waals surface area contributed by atoms with Gasteiger partial charge in [-0.05, 0) is 6.07 Å². The van der Waals surface area contributed by atoms with Crippen molar-refractivity contribution in [3.05, 3.63) is 22.8 Å². The number of piperazine rings is 1. The molecule has 0 unspecified atom stereocenters. The van der Waals surface area contributed by atoms with E-state index in [1.807, 2.05) is 0 Å². The van der Waals surface area contributed by atoms with E-state index in [1.165, 1.54) is 16.9 Å². The molecule has 0 spiro atoms. The predicted octanol–water partition coefficient (Wildman–Crippen LogP) is 1.45. The highest BCUT2D eigenvalue weighted by Gasteiger charge is 2.50. The number of pyridine rings is 1. The molecule has 3 heterocycles. The number of thioether (sulfide) groups is 1. The van der Waals surface area contributed by atoms with Crippen LogP contribution in [0.2, 0.25) is 5.02 Å². The number of anilines is 1. The summed E-state index contributed by atoms with van der Waals surface area (Å²) < 4.78 is 42.6. The van der Waals surface area contributed by atoms with Crippen LogP contribution in [-0.4, -0.2) is 76.5 Å². The van der Waals surface area contributed by atoms with Gasteiger partial charge in [0.05, 0.1) is 24.2 Å². The number of hydrogen-bond donors (Lipinski definition) is 1. The summed E-state index contributed by atoms with van der Waals surface area (Å²) in [5.41, 5.74) is -0.969. The molecule has 1 aromatic rings. The molecule has 2 aliphatic heterocycles. The third-order valence-corrected chi connectivity index (χ3v) is 5.99. The molecule has 3 rings (SSSR count). The van der Waals surface area contributed by atoms with Crippen molar-refractivity contribution in [2.75, 3.05) is 37.8 Å². The number of ether oxygens (including phenoxy) is 1. The molecule has 0 aliphatic carbocycles. The fourth-order valence-corrected chi connectivity index (χ4v) is 4.60. The Kier molecular flexibility index (Phi) is 6.13. The average molecular weight is 453 g/mol. The number of nitrogens with zero attached hydrogens (tertiary/aromatic N) is 3. The highest BCUT2D eigenvalue weighted by atomic mass is 35.5. The van der Waals surface area contributed by atoms with Crippen LogP contribution in [0.15, 0.2) is 12.3 Å². The molecule has 2 fully saturated rings. The van der Waals surface area contributed by atoms with Crippen LogP contribution in [0.25, 0.3) is 0 Å². The topological polar surface area (TPSA) is 91.8 Å². The van der Waals surface area contributed by atoms with Crippen LogP contribution in [0.1, 0.15) is 5.56 Å². The first-order valence-electron chi connectivity index (χ1n) is 8.39. The number of carbonyl (C=O) groups excluding carboxylic acids is 3. The van der Waals surface area contributed by atoms with Gasteiger partial charge in [0.2, 0.25) is 11.8 Å². The molecule has 2 atom stereocenters. The zero-order valence-electron chi connectivity index (χ0n) is 15.0. The van der Waals surface area contributed by atoms with E-state index in [9.17, 15) is 27.6 Å². The fourth-order valence-electron chi connectivity index (χ4n) is 3.04. The van der Waals surface area contributed by atoms with Gasteiger partial charge in [-0.2, -0.15) is 13.2 Å². The Balaban J connectivity index is 1.59. The summed E-state index contributed by atoms with van der Waals surface area (Å²) in [6, 6.07) is 0.00526. The van der Waals surface area contributed by atoms with E-state index in [1.54, 1.807) is 0 Å². The summed E-state index contributed by atoms with van der Waals surface area (Å²) in [6.07, 6.45) is -3.90. The lowest BCUT2D eigenvalue weighted by Crippen LogP contribution is -2.61. The van der Waals surface area contributed by atoms with E-state index < -0.39 is 29.1 Å². The van der Waals surface area contributed by atoms with Gasteiger partial charge >= 0.3 is 12.1 Å². The molecule has 2 amide bonds. The first-order chi connectivity index (χ1) is 13.6. The van der Waals surface area contributed by atoms with Gasteiger partial charge in [-0.1, -0.05) is 11.6 Å². The molecule has 0 saturated carbocycles. The number of methoxy groups -OCH3 is 1. The Morgan fingerprint density at radius 2 is 2.17 bits per heavy atom. The van der Waals surface area contributed by atoms with Gasteiger partial charge in [0.25, 0.3) is 0 Å². The monoisotopic (exact) mass is 452 g/mol. The Bertz CT molecular complexity index is 841. The first-order valence-corrected chi connectivity index (χ1v) is 9.82. The third-order valence-electron chi connectivity index (χ3n) is 4.46. The summed E-state index contributed by atoms with van der Waals surface area (Å²) in [7, 11) is 1.21. The number of hydrogen-bond acceptors (Lipinski definition) is 7. The second kappa shape index (κ2) is 8.27. The number of fused-ring (bicyclic) bond motifs is 1. The van der Waals surface area contributed by atoms with Crippen LogP contribution in [0, 0.1) is 0 Å². The van der Waals surface area contributed by atoms with Gasteiger partial charge in [0, 0.05) is 25.0 Å². The maximum absolute atomic E-state index is 12.7. The minimum atomic E-state index is -4.55. The zero-order valence-corrected chi connectivity index (χ0v) is 16.6. The second-order valence-electron chi connectivity index (χ2n) is 6.26. The highest BCUT2D eigenvalue weighted by molar-refractivity contribution is 8.00. The maximum Gasteiger partial charge on any atom is 0.417 e. The van der Waals surface area contributed by atoms with Crippen LogP contribution in [0.4, 0.5) is 19.0 Å². The number of halogens is 4. The van der Waals surface area contributed by atoms with E-state index in [0.717, 1.165) is 17.8 Å². The van der Waals surface area contributed by atoms with Crippen LogP contribution in [-0.2, 0) is 25.3 Å². The third kappa shape index (κ3) is 4.37. The van der Waals surface area contributed by atoms with Crippen molar-refractivity contribution in [2.24, 2.45) is 0 Å². The quantitative estimate of drug-likeness (QED) is 0.676. The Morgan fingerprint density at radius 1 is 1.45 bits per heavy atom. The van der Waals surface area contributed by atoms with E-state index in [0.29, 0.717) is 6.20 Å². The number of nitrogens with one attached hydrogen (secondary N) is 1. The van der Waals surface area contributed by atoms with Crippen LogP contribution >= 0.6 is 23.4 Å². The summed E-state index contributed by atoms with van der Waals surface area (Å²) in [5.74, 6) is -0.950. The van der Waals surface area contributed by atoms with Gasteiger partial charge in [0.1, 0.15) is 11.9 Å². The maximum atomic E-state index is 12.7. The minimum absolute atomic E-state index is 0.0410. The molecule has 2 aliphatic rings. The number of rotatable bonds is 5. The number of carbonyl (C=O) groups is 3. The second-order valence-corrected chi connectivity index (χ2v) is 7.78. The number of esters is 1. The Hall–Kier alpha value is -2.21. The normalized spacial score (nSPS) is 22.0. The van der Waals surface area contributed by atoms with Gasteiger partial charge in [-0.15, -0.1) is 11.8 Å². The Morgan fingerprint density at radius 3 is 2.79 bits per heavy atom. The minimum Gasteiger partial charge on any atom is -0.467 e. The lowest BCUT2D eigenvalue weighted by Gasteiger charge is -2.37. The molecule has 1 N–H and O–H groups in total. The van der Waals surface area contributed by atoms with Crippen molar-refractivity contribution in [3.63, 3.8) is 0 Å². The van der Waals surface area contributed by atoms with E-state index in [4.69, 9.17) is 11.6 Å². The number of alkyl halides is 3. The molecule has 2 saturated heterocycles. The molecular weight excluding hydrogens is 437 g/mol. The molecular formula is C16H16ClF3N4O4S. The molecule has 158 valence electrons. The molecule has 0 radical (unpaired) electrons. The van der Waals surface area contributed by atoms with Crippen LogP contribution in [0.3, 0.4) is 0 Å². The lowest BCUT2D eigenvalue weighted by molar-refractivity contribution is -0.159.